The van der Waals surface area contributed by atoms with Crippen molar-refractivity contribution in [2.24, 2.45) is 0 Å². The minimum Gasteiger partial charge on any atom is -0.463 e. The van der Waals surface area contributed by atoms with Crippen molar-refractivity contribution < 1.29 is 28.9 Å². The quantitative estimate of drug-likeness (QED) is 0.0380. The molecule has 3 atom stereocenters. The molecule has 1 aliphatic heterocycles. The van der Waals surface area contributed by atoms with Crippen LogP contribution >= 0.6 is 0 Å². The third-order valence-corrected chi connectivity index (χ3v) is 7.78. The van der Waals surface area contributed by atoms with Gasteiger partial charge in [0, 0.05) is 12.8 Å². The van der Waals surface area contributed by atoms with E-state index in [9.17, 15) is 14.7 Å². The SMILES string of the molecule is CCCCC/C=C\CC1OC1C/C=C\C/C=C\CCCC(=O)OC[C@@H](O)COC(=O)CCCCCCCCCCCCC. The maximum absolute atomic E-state index is 11.9. The molecule has 0 saturated carbocycles. The Bertz CT molecular complexity index is 758. The highest BCUT2D eigenvalue weighted by atomic mass is 16.6. The van der Waals surface area contributed by atoms with Crippen molar-refractivity contribution in [1.29, 1.82) is 0 Å². The van der Waals surface area contributed by atoms with Gasteiger partial charge < -0.3 is 19.3 Å². The van der Waals surface area contributed by atoms with E-state index in [4.69, 9.17) is 14.2 Å². The average Bonchev–Trinajstić information content (AvgIpc) is 3.76. The highest BCUT2D eigenvalue weighted by Gasteiger charge is 2.35. The van der Waals surface area contributed by atoms with Crippen LogP contribution in [0.2, 0.25) is 0 Å². The molecule has 1 N–H and O–H groups in total. The lowest BCUT2D eigenvalue weighted by molar-refractivity contribution is -0.152. The van der Waals surface area contributed by atoms with Crippen molar-refractivity contribution >= 4 is 11.9 Å². The van der Waals surface area contributed by atoms with Gasteiger partial charge in [-0.15, -0.1) is 0 Å². The second-order valence-corrected chi connectivity index (χ2v) is 12.0. The van der Waals surface area contributed by atoms with Crippen LogP contribution in [-0.2, 0) is 23.8 Å². The van der Waals surface area contributed by atoms with Gasteiger partial charge in [-0.05, 0) is 51.4 Å². The Morgan fingerprint density at radius 2 is 1.05 bits per heavy atom. The van der Waals surface area contributed by atoms with Gasteiger partial charge in [-0.3, -0.25) is 9.59 Å². The number of aliphatic hydroxyl groups excluding tert-OH is 1. The molecule has 1 fully saturated rings. The summed E-state index contributed by atoms with van der Waals surface area (Å²) >= 11 is 0. The largest absolute Gasteiger partial charge is 0.463 e. The van der Waals surface area contributed by atoms with Gasteiger partial charge in [-0.1, -0.05) is 127 Å². The van der Waals surface area contributed by atoms with Crippen molar-refractivity contribution in [1.82, 2.24) is 0 Å². The fraction of sp³-hybridized carbons (Fsp3) is 0.784. The summed E-state index contributed by atoms with van der Waals surface area (Å²) in [6.07, 6.45) is 36.5. The van der Waals surface area contributed by atoms with Gasteiger partial charge >= 0.3 is 11.9 Å². The summed E-state index contributed by atoms with van der Waals surface area (Å²) < 4.78 is 16.0. The van der Waals surface area contributed by atoms with Crippen LogP contribution in [0, 0.1) is 0 Å². The summed E-state index contributed by atoms with van der Waals surface area (Å²) in [6.45, 7) is 4.19. The van der Waals surface area contributed by atoms with E-state index in [-0.39, 0.29) is 25.2 Å². The summed E-state index contributed by atoms with van der Waals surface area (Å²) in [6, 6.07) is 0. The van der Waals surface area contributed by atoms with Gasteiger partial charge in [0.05, 0.1) is 12.2 Å². The molecule has 1 rings (SSSR count). The van der Waals surface area contributed by atoms with Gasteiger partial charge in [-0.2, -0.15) is 0 Å². The molecule has 1 saturated heterocycles. The zero-order chi connectivity index (χ0) is 31.2. The summed E-state index contributed by atoms with van der Waals surface area (Å²) in [7, 11) is 0. The van der Waals surface area contributed by atoms with Crippen LogP contribution in [0.4, 0.5) is 0 Å². The molecular weight excluding hydrogens is 540 g/mol. The number of ether oxygens (including phenoxy) is 3. The lowest BCUT2D eigenvalue weighted by Gasteiger charge is -2.12. The Hall–Kier alpha value is -1.92. The van der Waals surface area contributed by atoms with Crippen LogP contribution in [-0.4, -0.2) is 48.6 Å². The summed E-state index contributed by atoms with van der Waals surface area (Å²) in [5.41, 5.74) is 0. The lowest BCUT2D eigenvalue weighted by Crippen LogP contribution is -2.25. The number of hydrogen-bond donors (Lipinski definition) is 1. The van der Waals surface area contributed by atoms with E-state index < -0.39 is 6.10 Å². The molecule has 0 bridgehead atoms. The Labute approximate surface area is 263 Å². The predicted octanol–water partition coefficient (Wildman–Crippen LogP) is 9.49. The molecule has 0 aromatic heterocycles. The molecule has 248 valence electrons. The van der Waals surface area contributed by atoms with E-state index in [1.54, 1.807) is 0 Å². The molecular formula is C37H64O6. The number of allylic oxidation sites excluding steroid dienone is 4. The first-order valence-corrected chi connectivity index (χ1v) is 17.7. The highest BCUT2D eigenvalue weighted by Crippen LogP contribution is 2.29. The van der Waals surface area contributed by atoms with Gasteiger partial charge in [0.15, 0.2) is 0 Å². The Morgan fingerprint density at radius 3 is 1.65 bits per heavy atom. The summed E-state index contributed by atoms with van der Waals surface area (Å²) in [5.74, 6) is -0.636. The van der Waals surface area contributed by atoms with Crippen molar-refractivity contribution in [2.45, 2.75) is 173 Å². The molecule has 0 amide bonds. The molecule has 0 aromatic rings. The smallest absolute Gasteiger partial charge is 0.305 e. The van der Waals surface area contributed by atoms with Crippen molar-refractivity contribution in [3.8, 4) is 0 Å². The van der Waals surface area contributed by atoms with Crippen molar-refractivity contribution in [3.63, 3.8) is 0 Å². The fourth-order valence-corrected chi connectivity index (χ4v) is 4.94. The maximum Gasteiger partial charge on any atom is 0.305 e. The van der Waals surface area contributed by atoms with Crippen molar-refractivity contribution in [2.75, 3.05) is 13.2 Å². The number of rotatable bonds is 30. The topological polar surface area (TPSA) is 85.4 Å². The molecule has 0 aromatic carbocycles. The average molecular weight is 605 g/mol. The van der Waals surface area contributed by atoms with E-state index >= 15 is 0 Å². The molecule has 43 heavy (non-hydrogen) atoms. The van der Waals surface area contributed by atoms with Gasteiger partial charge in [0.1, 0.15) is 19.3 Å². The Kier molecular flexibility index (Phi) is 26.2. The second-order valence-electron chi connectivity index (χ2n) is 12.0. The third kappa shape index (κ3) is 26.2. The second kappa shape index (κ2) is 28.8. The van der Waals surface area contributed by atoms with Crippen LogP contribution in [0.5, 0.6) is 0 Å². The van der Waals surface area contributed by atoms with Crippen LogP contribution in [0.1, 0.15) is 155 Å². The predicted molar refractivity (Wildman–Crippen MR) is 177 cm³/mol. The Balaban J connectivity index is 1.89. The van der Waals surface area contributed by atoms with Crippen LogP contribution < -0.4 is 0 Å². The number of esters is 2. The van der Waals surface area contributed by atoms with E-state index in [1.165, 1.54) is 77.0 Å². The first-order valence-electron chi connectivity index (χ1n) is 17.7. The number of unbranched alkanes of at least 4 members (excludes halogenated alkanes) is 14. The minimum atomic E-state index is -0.986. The summed E-state index contributed by atoms with van der Waals surface area (Å²) in [4.78, 5) is 23.8. The lowest BCUT2D eigenvalue weighted by atomic mass is 10.1. The van der Waals surface area contributed by atoms with E-state index in [2.05, 4.69) is 50.3 Å². The van der Waals surface area contributed by atoms with E-state index in [0.29, 0.717) is 31.5 Å². The number of aliphatic hydroxyl groups is 1. The molecule has 0 spiro atoms. The minimum absolute atomic E-state index is 0.135. The van der Waals surface area contributed by atoms with Crippen LogP contribution in [0.15, 0.2) is 36.5 Å². The zero-order valence-corrected chi connectivity index (χ0v) is 27.7. The summed E-state index contributed by atoms with van der Waals surface area (Å²) in [5, 5.41) is 9.96. The van der Waals surface area contributed by atoms with E-state index in [0.717, 1.165) is 44.9 Å². The fourth-order valence-electron chi connectivity index (χ4n) is 4.94. The number of epoxide rings is 1. The molecule has 6 heteroatoms. The first-order chi connectivity index (χ1) is 21.1. The molecule has 0 radical (unpaired) electrons. The van der Waals surface area contributed by atoms with Gasteiger partial charge in [0.25, 0.3) is 0 Å². The Morgan fingerprint density at radius 1 is 0.605 bits per heavy atom. The normalized spacial score (nSPS) is 17.3. The third-order valence-electron chi connectivity index (χ3n) is 7.78. The van der Waals surface area contributed by atoms with Gasteiger partial charge in [0.2, 0.25) is 0 Å². The number of carbonyl (C=O) groups is 2. The molecule has 0 aliphatic carbocycles. The first kappa shape index (κ1) is 39.1. The standard InChI is InChI=1S/C37H64O6/c1-3-5-7-9-11-12-13-14-17-21-25-29-36(39)41-31-33(38)32-42-37(40)30-26-22-18-15-16-20-24-28-35-34(43-35)27-23-19-10-8-6-4-2/h15,18-20,23-24,33-35,38H,3-14,16-17,21-22,25-32H2,1-2H3/b18-15-,23-19-,24-20-/t33-,34?,35?/m0/s1. The monoisotopic (exact) mass is 604 g/mol. The zero-order valence-electron chi connectivity index (χ0n) is 27.7. The van der Waals surface area contributed by atoms with Gasteiger partial charge in [-0.25, -0.2) is 0 Å². The van der Waals surface area contributed by atoms with Crippen LogP contribution in [0.25, 0.3) is 0 Å². The van der Waals surface area contributed by atoms with E-state index in [1.807, 2.05) is 0 Å². The molecule has 2 unspecified atom stereocenters. The molecule has 6 nitrogen and oxygen atoms in total. The van der Waals surface area contributed by atoms with Crippen LogP contribution in [0.3, 0.4) is 0 Å². The van der Waals surface area contributed by atoms with Crippen molar-refractivity contribution in [3.05, 3.63) is 36.5 Å². The number of carbonyl (C=O) groups excluding carboxylic acids is 2. The molecule has 1 aliphatic rings. The highest BCUT2D eigenvalue weighted by molar-refractivity contribution is 5.69. The maximum atomic E-state index is 11.9. The number of hydrogen-bond acceptors (Lipinski definition) is 6. The molecule has 1 heterocycles.